The topological polar surface area (TPSA) is 64.0 Å². The molecule has 1 aromatic carbocycles. The quantitative estimate of drug-likeness (QED) is 0.943. The Morgan fingerprint density at radius 2 is 1.95 bits per heavy atom. The molecular formula is C15H14ClN3O2. The number of anilines is 1. The van der Waals surface area contributed by atoms with Crippen molar-refractivity contribution in [2.24, 2.45) is 0 Å². The van der Waals surface area contributed by atoms with Gasteiger partial charge in [0, 0.05) is 22.7 Å². The Morgan fingerprint density at radius 1 is 1.24 bits per heavy atom. The van der Waals surface area contributed by atoms with Crippen molar-refractivity contribution in [2.75, 3.05) is 5.32 Å². The van der Waals surface area contributed by atoms with Crippen LogP contribution in [0.15, 0.2) is 41.2 Å². The van der Waals surface area contributed by atoms with E-state index >= 15 is 0 Å². The van der Waals surface area contributed by atoms with Crippen LogP contribution in [0.1, 0.15) is 24.5 Å². The summed E-state index contributed by atoms with van der Waals surface area (Å²) in [7, 11) is 0. The molecule has 1 aliphatic carbocycles. The van der Waals surface area contributed by atoms with Crippen molar-refractivity contribution in [2.45, 2.75) is 25.3 Å². The van der Waals surface area contributed by atoms with Crippen LogP contribution in [-0.2, 0) is 11.3 Å². The Kier molecular flexibility index (Phi) is 3.75. The molecule has 1 aliphatic rings. The maximum absolute atomic E-state index is 12.0. The van der Waals surface area contributed by atoms with E-state index in [4.69, 9.17) is 11.6 Å². The van der Waals surface area contributed by atoms with E-state index in [-0.39, 0.29) is 18.0 Å². The lowest BCUT2D eigenvalue weighted by Crippen LogP contribution is -2.29. The summed E-state index contributed by atoms with van der Waals surface area (Å²) < 4.78 is 1.21. The summed E-state index contributed by atoms with van der Waals surface area (Å²) in [5.74, 6) is 0.149. The van der Waals surface area contributed by atoms with Crippen LogP contribution in [0.2, 0.25) is 5.02 Å². The van der Waals surface area contributed by atoms with Crippen LogP contribution in [0, 0.1) is 0 Å². The predicted molar refractivity (Wildman–Crippen MR) is 80.6 cm³/mol. The summed E-state index contributed by atoms with van der Waals surface area (Å²) in [6.07, 6.45) is 2.20. The van der Waals surface area contributed by atoms with Gasteiger partial charge in [0.15, 0.2) is 0 Å². The van der Waals surface area contributed by atoms with Crippen molar-refractivity contribution >= 4 is 23.2 Å². The van der Waals surface area contributed by atoms with Gasteiger partial charge in [-0.15, -0.1) is 0 Å². The maximum Gasteiger partial charge on any atom is 0.267 e. The van der Waals surface area contributed by atoms with Crippen molar-refractivity contribution in [3.05, 3.63) is 57.5 Å². The molecule has 6 heteroatoms. The van der Waals surface area contributed by atoms with Crippen molar-refractivity contribution < 1.29 is 4.79 Å². The van der Waals surface area contributed by atoms with Crippen LogP contribution in [0.4, 0.5) is 5.69 Å². The number of nitrogens with zero attached hydrogens (tertiary/aromatic N) is 2. The Balaban J connectivity index is 1.70. The Morgan fingerprint density at radius 3 is 2.62 bits per heavy atom. The summed E-state index contributed by atoms with van der Waals surface area (Å²) >= 11 is 5.78. The van der Waals surface area contributed by atoms with Gasteiger partial charge in [0.2, 0.25) is 5.91 Å². The monoisotopic (exact) mass is 303 g/mol. The lowest BCUT2D eigenvalue weighted by atomic mass is 10.3. The largest absolute Gasteiger partial charge is 0.324 e. The third kappa shape index (κ3) is 3.49. The van der Waals surface area contributed by atoms with Gasteiger partial charge in [-0.1, -0.05) is 11.6 Å². The molecule has 0 saturated heterocycles. The molecule has 0 aliphatic heterocycles. The molecule has 0 radical (unpaired) electrons. The number of rotatable bonds is 4. The highest BCUT2D eigenvalue weighted by Crippen LogP contribution is 2.38. The molecule has 1 saturated carbocycles. The highest BCUT2D eigenvalue weighted by Gasteiger charge is 2.25. The zero-order valence-corrected chi connectivity index (χ0v) is 12.0. The fraction of sp³-hybridized carbons (Fsp3) is 0.267. The van der Waals surface area contributed by atoms with E-state index in [1.165, 1.54) is 10.7 Å². The van der Waals surface area contributed by atoms with Gasteiger partial charge in [-0.25, -0.2) is 4.68 Å². The van der Waals surface area contributed by atoms with Gasteiger partial charge < -0.3 is 5.32 Å². The molecule has 2 aromatic rings. The second-order valence-corrected chi connectivity index (χ2v) is 5.52. The van der Waals surface area contributed by atoms with Gasteiger partial charge in [0.05, 0.1) is 5.69 Å². The molecule has 5 nitrogen and oxygen atoms in total. The molecule has 0 unspecified atom stereocenters. The first-order valence-corrected chi connectivity index (χ1v) is 7.13. The van der Waals surface area contributed by atoms with E-state index in [0.717, 1.165) is 18.5 Å². The molecule has 1 amide bonds. The number of carbonyl (C=O) groups excluding carboxylic acids is 1. The number of hydrogen-bond acceptors (Lipinski definition) is 3. The molecule has 1 heterocycles. The number of aromatic nitrogens is 2. The highest BCUT2D eigenvalue weighted by molar-refractivity contribution is 6.30. The highest BCUT2D eigenvalue weighted by atomic mass is 35.5. The fourth-order valence-electron chi connectivity index (χ4n) is 2.04. The van der Waals surface area contributed by atoms with Gasteiger partial charge in [-0.2, -0.15) is 5.10 Å². The zero-order chi connectivity index (χ0) is 14.8. The first-order valence-electron chi connectivity index (χ1n) is 6.75. The normalized spacial score (nSPS) is 14.0. The number of benzene rings is 1. The fourth-order valence-corrected chi connectivity index (χ4v) is 2.17. The van der Waals surface area contributed by atoms with Gasteiger partial charge in [-0.3, -0.25) is 9.59 Å². The lowest BCUT2D eigenvalue weighted by Gasteiger charge is -2.08. The minimum absolute atomic E-state index is 0.0952. The van der Waals surface area contributed by atoms with E-state index in [9.17, 15) is 9.59 Å². The molecule has 1 fully saturated rings. The summed E-state index contributed by atoms with van der Waals surface area (Å²) in [5, 5.41) is 7.56. The van der Waals surface area contributed by atoms with Gasteiger partial charge in [-0.05, 0) is 43.2 Å². The van der Waals surface area contributed by atoms with Crippen LogP contribution in [0.5, 0.6) is 0 Å². The lowest BCUT2D eigenvalue weighted by molar-refractivity contribution is -0.117. The average molecular weight is 304 g/mol. The van der Waals surface area contributed by atoms with Crippen LogP contribution in [-0.4, -0.2) is 15.7 Å². The Labute approximate surface area is 126 Å². The van der Waals surface area contributed by atoms with E-state index < -0.39 is 0 Å². The molecule has 0 bridgehead atoms. The number of hydrogen-bond donors (Lipinski definition) is 1. The molecule has 1 N–H and O–H groups in total. The van der Waals surface area contributed by atoms with Crippen molar-refractivity contribution in [1.29, 1.82) is 0 Å². The van der Waals surface area contributed by atoms with E-state index in [2.05, 4.69) is 10.4 Å². The molecule has 21 heavy (non-hydrogen) atoms. The Hall–Kier alpha value is -2.14. The summed E-state index contributed by atoms with van der Waals surface area (Å²) in [6.45, 7) is -0.0952. The van der Waals surface area contributed by atoms with Gasteiger partial charge in [0.25, 0.3) is 5.56 Å². The van der Waals surface area contributed by atoms with Crippen molar-refractivity contribution in [3.63, 3.8) is 0 Å². The zero-order valence-electron chi connectivity index (χ0n) is 11.3. The van der Waals surface area contributed by atoms with Gasteiger partial charge >= 0.3 is 0 Å². The first kappa shape index (κ1) is 13.8. The van der Waals surface area contributed by atoms with Crippen molar-refractivity contribution in [1.82, 2.24) is 9.78 Å². The third-order valence-corrected chi connectivity index (χ3v) is 3.56. The summed E-state index contributed by atoms with van der Waals surface area (Å²) in [4.78, 5) is 23.7. The molecule has 0 spiro atoms. The Bertz CT molecular complexity index is 720. The minimum atomic E-state index is -0.292. The van der Waals surface area contributed by atoms with Crippen LogP contribution < -0.4 is 10.9 Å². The average Bonchev–Trinajstić information content (AvgIpc) is 3.28. The second kappa shape index (κ2) is 5.69. The smallest absolute Gasteiger partial charge is 0.267 e. The molecule has 1 aromatic heterocycles. The number of halogens is 1. The van der Waals surface area contributed by atoms with Crippen LogP contribution in [0.3, 0.4) is 0 Å². The van der Waals surface area contributed by atoms with Gasteiger partial charge in [0.1, 0.15) is 6.54 Å². The molecule has 3 rings (SSSR count). The van der Waals surface area contributed by atoms with E-state index in [1.807, 2.05) is 0 Å². The first-order chi connectivity index (χ1) is 10.1. The molecule has 0 atom stereocenters. The SMILES string of the molecule is O=C(Cn1nc(C2CC2)ccc1=O)Nc1ccc(Cl)cc1. The summed E-state index contributed by atoms with van der Waals surface area (Å²) in [5.41, 5.74) is 1.25. The number of nitrogens with one attached hydrogen (secondary N) is 1. The van der Waals surface area contributed by atoms with Crippen LogP contribution >= 0.6 is 11.6 Å². The molecule has 108 valence electrons. The number of amides is 1. The minimum Gasteiger partial charge on any atom is -0.324 e. The van der Waals surface area contributed by atoms with E-state index in [0.29, 0.717) is 16.6 Å². The van der Waals surface area contributed by atoms with Crippen LogP contribution in [0.25, 0.3) is 0 Å². The summed E-state index contributed by atoms with van der Waals surface area (Å²) in [6, 6.07) is 10.0. The second-order valence-electron chi connectivity index (χ2n) is 5.08. The number of carbonyl (C=O) groups is 1. The molecular weight excluding hydrogens is 290 g/mol. The predicted octanol–water partition coefficient (Wildman–Crippen LogP) is 2.41. The maximum atomic E-state index is 12.0. The van der Waals surface area contributed by atoms with E-state index in [1.54, 1.807) is 30.3 Å². The third-order valence-electron chi connectivity index (χ3n) is 3.30. The standard InChI is InChI=1S/C15H14ClN3O2/c16-11-3-5-12(6-4-11)17-14(20)9-19-15(21)8-7-13(18-19)10-1-2-10/h3-8,10H,1-2,9H2,(H,17,20). The van der Waals surface area contributed by atoms with Crippen molar-refractivity contribution in [3.8, 4) is 0 Å².